The van der Waals surface area contributed by atoms with Crippen LogP contribution >= 0.6 is 0 Å². The number of ether oxygens (including phenoxy) is 1. The second kappa shape index (κ2) is 6.40. The molecule has 19 heavy (non-hydrogen) atoms. The van der Waals surface area contributed by atoms with Crippen molar-refractivity contribution in [1.82, 2.24) is 5.32 Å². The first-order valence-electron chi connectivity index (χ1n) is 7.20. The SMILES string of the molecule is CNC[C@@H](c1ccc(OC)cc1)C1(O)CCCCC1. The molecule has 1 atom stereocenters. The second-order valence-corrected chi connectivity index (χ2v) is 5.55. The average Bonchev–Trinajstić information content (AvgIpc) is 2.45. The van der Waals surface area contributed by atoms with E-state index in [-0.39, 0.29) is 5.92 Å². The van der Waals surface area contributed by atoms with Crippen LogP contribution in [0.3, 0.4) is 0 Å². The molecule has 0 amide bonds. The first kappa shape index (κ1) is 14.4. The largest absolute Gasteiger partial charge is 0.497 e. The van der Waals surface area contributed by atoms with E-state index in [0.717, 1.165) is 38.0 Å². The van der Waals surface area contributed by atoms with E-state index in [1.165, 1.54) is 12.0 Å². The van der Waals surface area contributed by atoms with E-state index < -0.39 is 5.60 Å². The number of hydrogen-bond donors (Lipinski definition) is 2. The van der Waals surface area contributed by atoms with Gasteiger partial charge >= 0.3 is 0 Å². The number of rotatable bonds is 5. The summed E-state index contributed by atoms with van der Waals surface area (Å²) in [4.78, 5) is 0. The number of nitrogens with one attached hydrogen (secondary N) is 1. The lowest BCUT2D eigenvalue weighted by Gasteiger charge is -2.39. The van der Waals surface area contributed by atoms with E-state index in [9.17, 15) is 5.11 Å². The van der Waals surface area contributed by atoms with E-state index >= 15 is 0 Å². The van der Waals surface area contributed by atoms with Crippen molar-refractivity contribution in [2.45, 2.75) is 43.6 Å². The van der Waals surface area contributed by atoms with Crippen molar-refractivity contribution in [2.75, 3.05) is 20.7 Å². The van der Waals surface area contributed by atoms with Crippen molar-refractivity contribution < 1.29 is 9.84 Å². The zero-order valence-corrected chi connectivity index (χ0v) is 12.0. The van der Waals surface area contributed by atoms with Gasteiger partial charge in [-0.3, -0.25) is 0 Å². The Kier molecular flexibility index (Phi) is 4.83. The lowest BCUT2D eigenvalue weighted by Crippen LogP contribution is -2.42. The molecule has 3 heteroatoms. The first-order chi connectivity index (χ1) is 9.19. The van der Waals surface area contributed by atoms with Crippen LogP contribution in [0, 0.1) is 0 Å². The van der Waals surface area contributed by atoms with Crippen LogP contribution in [0.4, 0.5) is 0 Å². The van der Waals surface area contributed by atoms with Gasteiger partial charge in [-0.05, 0) is 37.6 Å². The van der Waals surface area contributed by atoms with Crippen molar-refractivity contribution in [3.63, 3.8) is 0 Å². The Morgan fingerprint density at radius 3 is 2.37 bits per heavy atom. The summed E-state index contributed by atoms with van der Waals surface area (Å²) in [5.74, 6) is 1.02. The van der Waals surface area contributed by atoms with Crippen molar-refractivity contribution in [2.24, 2.45) is 0 Å². The summed E-state index contributed by atoms with van der Waals surface area (Å²) in [6.07, 6.45) is 5.33. The van der Waals surface area contributed by atoms with Crippen molar-refractivity contribution in [3.8, 4) is 5.75 Å². The van der Waals surface area contributed by atoms with Crippen LogP contribution in [-0.2, 0) is 0 Å². The van der Waals surface area contributed by atoms with Crippen LogP contribution in [0.5, 0.6) is 5.75 Å². The summed E-state index contributed by atoms with van der Waals surface area (Å²) < 4.78 is 5.20. The summed E-state index contributed by atoms with van der Waals surface area (Å²) in [5, 5.41) is 14.2. The van der Waals surface area contributed by atoms with E-state index in [2.05, 4.69) is 17.4 Å². The molecule has 0 radical (unpaired) electrons. The Balaban J connectivity index is 2.22. The number of benzene rings is 1. The number of aliphatic hydroxyl groups is 1. The standard InChI is InChI=1S/C16H25NO2/c1-17-12-15(16(18)10-4-3-5-11-16)13-6-8-14(19-2)9-7-13/h6-9,15,17-18H,3-5,10-12H2,1-2H3/t15-/m0/s1. The Morgan fingerprint density at radius 2 is 1.84 bits per heavy atom. The first-order valence-corrected chi connectivity index (χ1v) is 7.20. The molecular weight excluding hydrogens is 238 g/mol. The minimum atomic E-state index is -0.560. The van der Waals surface area contributed by atoms with Crippen molar-refractivity contribution in [3.05, 3.63) is 29.8 Å². The summed E-state index contributed by atoms with van der Waals surface area (Å²) in [6.45, 7) is 0.808. The van der Waals surface area contributed by atoms with Crippen LogP contribution in [0.25, 0.3) is 0 Å². The van der Waals surface area contributed by atoms with E-state index in [1.807, 2.05) is 19.2 Å². The lowest BCUT2D eigenvalue weighted by molar-refractivity contribution is -0.0211. The highest BCUT2D eigenvalue weighted by Gasteiger charge is 2.38. The van der Waals surface area contributed by atoms with Gasteiger partial charge in [-0.2, -0.15) is 0 Å². The van der Waals surface area contributed by atoms with Gasteiger partial charge in [-0.25, -0.2) is 0 Å². The third kappa shape index (κ3) is 3.28. The molecule has 3 nitrogen and oxygen atoms in total. The molecular formula is C16H25NO2. The number of hydrogen-bond acceptors (Lipinski definition) is 3. The van der Waals surface area contributed by atoms with E-state index in [1.54, 1.807) is 7.11 Å². The average molecular weight is 263 g/mol. The van der Waals surface area contributed by atoms with Crippen LogP contribution in [0.1, 0.15) is 43.6 Å². The zero-order valence-electron chi connectivity index (χ0n) is 12.0. The van der Waals surface area contributed by atoms with Gasteiger partial charge in [0, 0.05) is 12.5 Å². The van der Waals surface area contributed by atoms with E-state index in [4.69, 9.17) is 4.74 Å². The van der Waals surface area contributed by atoms with Crippen molar-refractivity contribution in [1.29, 1.82) is 0 Å². The maximum absolute atomic E-state index is 11.0. The fraction of sp³-hybridized carbons (Fsp3) is 0.625. The molecule has 0 aromatic heterocycles. The van der Waals surface area contributed by atoms with Gasteiger partial charge in [0.2, 0.25) is 0 Å². The molecule has 0 unspecified atom stereocenters. The summed E-state index contributed by atoms with van der Waals surface area (Å²) in [7, 11) is 3.62. The molecule has 0 aliphatic heterocycles. The molecule has 1 fully saturated rings. The molecule has 1 aliphatic carbocycles. The lowest BCUT2D eigenvalue weighted by atomic mass is 9.73. The molecule has 1 aliphatic rings. The number of likely N-dealkylation sites (N-methyl/N-ethyl adjacent to an activating group) is 1. The predicted molar refractivity (Wildman–Crippen MR) is 77.7 cm³/mol. The molecule has 2 N–H and O–H groups in total. The summed E-state index contributed by atoms with van der Waals surface area (Å²) in [6, 6.07) is 8.11. The van der Waals surface area contributed by atoms with Gasteiger partial charge in [0.05, 0.1) is 12.7 Å². The van der Waals surface area contributed by atoms with Crippen LogP contribution in [0.15, 0.2) is 24.3 Å². The van der Waals surface area contributed by atoms with E-state index in [0.29, 0.717) is 0 Å². The Morgan fingerprint density at radius 1 is 1.21 bits per heavy atom. The van der Waals surface area contributed by atoms with Gasteiger partial charge in [-0.1, -0.05) is 31.4 Å². The molecule has 106 valence electrons. The van der Waals surface area contributed by atoms with Crippen LogP contribution in [-0.4, -0.2) is 31.4 Å². The van der Waals surface area contributed by atoms with Gasteiger partial charge in [0.25, 0.3) is 0 Å². The second-order valence-electron chi connectivity index (χ2n) is 5.55. The molecule has 1 aromatic carbocycles. The maximum Gasteiger partial charge on any atom is 0.118 e. The molecule has 1 saturated carbocycles. The topological polar surface area (TPSA) is 41.5 Å². The Hall–Kier alpha value is -1.06. The fourth-order valence-electron chi connectivity index (χ4n) is 3.17. The van der Waals surface area contributed by atoms with Gasteiger partial charge < -0.3 is 15.2 Å². The van der Waals surface area contributed by atoms with Gasteiger partial charge in [-0.15, -0.1) is 0 Å². The molecule has 0 heterocycles. The Labute approximate surface area is 116 Å². The van der Waals surface area contributed by atoms with Gasteiger partial charge in [0.1, 0.15) is 5.75 Å². The maximum atomic E-state index is 11.0. The highest BCUT2D eigenvalue weighted by molar-refractivity contribution is 5.31. The fourth-order valence-corrected chi connectivity index (χ4v) is 3.17. The van der Waals surface area contributed by atoms with Gasteiger partial charge in [0.15, 0.2) is 0 Å². The highest BCUT2D eigenvalue weighted by Crippen LogP contribution is 2.39. The monoisotopic (exact) mass is 263 g/mol. The normalized spacial score (nSPS) is 19.9. The molecule has 1 aromatic rings. The minimum Gasteiger partial charge on any atom is -0.497 e. The third-order valence-corrected chi connectivity index (χ3v) is 4.29. The van der Waals surface area contributed by atoms with Crippen LogP contribution in [0.2, 0.25) is 0 Å². The third-order valence-electron chi connectivity index (χ3n) is 4.29. The predicted octanol–water partition coefficient (Wildman–Crippen LogP) is 2.69. The van der Waals surface area contributed by atoms with Crippen LogP contribution < -0.4 is 10.1 Å². The highest BCUT2D eigenvalue weighted by atomic mass is 16.5. The Bertz CT molecular complexity index is 382. The molecule has 0 saturated heterocycles. The smallest absolute Gasteiger partial charge is 0.118 e. The summed E-state index contributed by atoms with van der Waals surface area (Å²) in [5.41, 5.74) is 0.634. The quantitative estimate of drug-likeness (QED) is 0.858. The molecule has 2 rings (SSSR count). The molecule has 0 bridgehead atoms. The molecule has 0 spiro atoms. The zero-order chi connectivity index (χ0) is 13.7. The summed E-state index contributed by atoms with van der Waals surface area (Å²) >= 11 is 0. The van der Waals surface area contributed by atoms with Crippen molar-refractivity contribution >= 4 is 0 Å². The number of methoxy groups -OCH3 is 1. The minimum absolute atomic E-state index is 0.156.